The molecule has 0 bridgehead atoms. The van der Waals surface area contributed by atoms with Gasteiger partial charge in [0.2, 0.25) is 5.75 Å². The minimum absolute atomic E-state index is 0.0937. The normalized spacial score (nSPS) is 16.1. The second-order valence-electron chi connectivity index (χ2n) is 5.31. The van der Waals surface area contributed by atoms with Crippen LogP contribution >= 0.6 is 0 Å². The third kappa shape index (κ3) is 2.50. The molecule has 1 N–H and O–H groups in total. The summed E-state index contributed by atoms with van der Waals surface area (Å²) in [4.78, 5) is 12.6. The average molecular weight is 330 g/mol. The number of hydrogen-bond acceptors (Lipinski definition) is 6. The van der Waals surface area contributed by atoms with Crippen molar-refractivity contribution in [3.05, 3.63) is 41.5 Å². The number of fused-ring (bicyclic) bond motifs is 1. The Kier molecular flexibility index (Phi) is 4.20. The van der Waals surface area contributed by atoms with Crippen molar-refractivity contribution in [2.45, 2.75) is 12.5 Å². The molecule has 126 valence electrons. The van der Waals surface area contributed by atoms with Gasteiger partial charge in [0.05, 0.1) is 27.8 Å². The molecule has 24 heavy (non-hydrogen) atoms. The van der Waals surface area contributed by atoms with Crippen LogP contribution in [0.2, 0.25) is 0 Å². The van der Waals surface area contributed by atoms with Gasteiger partial charge in [-0.1, -0.05) is 18.2 Å². The molecule has 1 heterocycles. The van der Waals surface area contributed by atoms with E-state index >= 15 is 0 Å². The van der Waals surface area contributed by atoms with Crippen LogP contribution in [-0.4, -0.2) is 32.2 Å². The number of methoxy groups -OCH3 is 3. The SMILES string of the molecule is COc1ccccc1[C@@H]1CC(=O)c2c(O)cc(OC)c(OC)c2O1. The van der Waals surface area contributed by atoms with Crippen LogP contribution in [0.15, 0.2) is 30.3 Å². The number of benzene rings is 2. The van der Waals surface area contributed by atoms with E-state index in [1.165, 1.54) is 20.3 Å². The fraction of sp³-hybridized carbons (Fsp3) is 0.278. The summed E-state index contributed by atoms with van der Waals surface area (Å²) in [5.41, 5.74) is 0.863. The molecule has 0 unspecified atom stereocenters. The molecule has 2 aromatic carbocycles. The summed E-state index contributed by atoms with van der Waals surface area (Å²) in [5.74, 6) is 0.962. The fourth-order valence-corrected chi connectivity index (χ4v) is 2.89. The lowest BCUT2D eigenvalue weighted by Crippen LogP contribution is -2.21. The molecule has 1 atom stereocenters. The molecule has 2 aromatic rings. The van der Waals surface area contributed by atoms with Crippen LogP contribution < -0.4 is 18.9 Å². The van der Waals surface area contributed by atoms with Crippen molar-refractivity contribution in [1.29, 1.82) is 0 Å². The Morgan fingerprint density at radius 1 is 1.08 bits per heavy atom. The van der Waals surface area contributed by atoms with Crippen LogP contribution in [-0.2, 0) is 0 Å². The van der Waals surface area contributed by atoms with Gasteiger partial charge in [0.15, 0.2) is 17.3 Å². The minimum atomic E-state index is -0.540. The van der Waals surface area contributed by atoms with E-state index in [1.54, 1.807) is 13.2 Å². The van der Waals surface area contributed by atoms with E-state index < -0.39 is 6.10 Å². The topological polar surface area (TPSA) is 74.2 Å². The molecule has 6 nitrogen and oxygen atoms in total. The third-order valence-electron chi connectivity index (χ3n) is 4.00. The Hall–Kier alpha value is -2.89. The highest BCUT2D eigenvalue weighted by Crippen LogP contribution is 2.50. The minimum Gasteiger partial charge on any atom is -0.507 e. The van der Waals surface area contributed by atoms with Crippen molar-refractivity contribution in [3.63, 3.8) is 0 Å². The maximum absolute atomic E-state index is 12.6. The second kappa shape index (κ2) is 6.31. The number of ketones is 1. The molecule has 0 saturated carbocycles. The van der Waals surface area contributed by atoms with Gasteiger partial charge in [-0.15, -0.1) is 0 Å². The van der Waals surface area contributed by atoms with E-state index in [9.17, 15) is 9.90 Å². The van der Waals surface area contributed by atoms with Crippen LogP contribution in [0.4, 0.5) is 0 Å². The Bertz CT molecular complexity index is 783. The Labute approximate surface area is 139 Å². The van der Waals surface area contributed by atoms with Gasteiger partial charge in [-0.05, 0) is 6.07 Å². The first kappa shape index (κ1) is 16.0. The maximum atomic E-state index is 12.6. The number of carbonyl (C=O) groups is 1. The summed E-state index contributed by atoms with van der Waals surface area (Å²) in [6.07, 6.45) is -0.447. The van der Waals surface area contributed by atoms with Crippen LogP contribution in [0.25, 0.3) is 0 Å². The summed E-state index contributed by atoms with van der Waals surface area (Å²) in [6, 6.07) is 8.69. The van der Waals surface area contributed by atoms with Gasteiger partial charge in [0.1, 0.15) is 23.2 Å². The van der Waals surface area contributed by atoms with Crippen LogP contribution in [0.1, 0.15) is 28.4 Å². The molecular weight excluding hydrogens is 312 g/mol. The monoisotopic (exact) mass is 330 g/mol. The van der Waals surface area contributed by atoms with E-state index in [0.717, 1.165) is 5.56 Å². The zero-order chi connectivity index (χ0) is 17.3. The highest BCUT2D eigenvalue weighted by Gasteiger charge is 2.35. The highest BCUT2D eigenvalue weighted by molar-refractivity contribution is 6.04. The lowest BCUT2D eigenvalue weighted by atomic mass is 9.94. The van der Waals surface area contributed by atoms with Crippen LogP contribution in [0.5, 0.6) is 28.7 Å². The number of phenolic OH excluding ortho intramolecular Hbond substituents is 1. The Morgan fingerprint density at radius 2 is 1.79 bits per heavy atom. The lowest BCUT2D eigenvalue weighted by molar-refractivity contribution is 0.0833. The van der Waals surface area contributed by atoms with Crippen molar-refractivity contribution in [2.75, 3.05) is 21.3 Å². The Balaban J connectivity index is 2.12. The number of aromatic hydroxyl groups is 1. The van der Waals surface area contributed by atoms with Crippen molar-refractivity contribution in [2.24, 2.45) is 0 Å². The molecular formula is C18H18O6. The first-order valence-electron chi connectivity index (χ1n) is 7.41. The number of para-hydroxylation sites is 1. The fourth-order valence-electron chi connectivity index (χ4n) is 2.89. The Morgan fingerprint density at radius 3 is 2.46 bits per heavy atom. The van der Waals surface area contributed by atoms with Gasteiger partial charge >= 0.3 is 0 Å². The average Bonchev–Trinajstić information content (AvgIpc) is 2.60. The van der Waals surface area contributed by atoms with Gasteiger partial charge in [0, 0.05) is 11.6 Å². The van der Waals surface area contributed by atoms with E-state index in [0.29, 0.717) is 11.5 Å². The summed E-state index contributed by atoms with van der Waals surface area (Å²) in [5, 5.41) is 10.2. The molecule has 3 rings (SSSR count). The van der Waals surface area contributed by atoms with E-state index in [-0.39, 0.29) is 35.0 Å². The molecule has 0 radical (unpaired) electrons. The number of carbonyl (C=O) groups excluding carboxylic acids is 1. The van der Waals surface area contributed by atoms with Gasteiger partial charge in [-0.25, -0.2) is 0 Å². The standard InChI is InChI=1S/C18H18O6/c1-21-13-7-5-4-6-10(13)14-8-11(19)16-12(20)9-15(22-2)17(23-3)18(16)24-14/h4-7,9,14,20H,8H2,1-3H3/t14-/m0/s1. The molecule has 0 saturated heterocycles. The van der Waals surface area contributed by atoms with E-state index in [4.69, 9.17) is 18.9 Å². The second-order valence-corrected chi connectivity index (χ2v) is 5.31. The molecule has 0 aliphatic carbocycles. The maximum Gasteiger partial charge on any atom is 0.204 e. The molecule has 0 amide bonds. The summed E-state index contributed by atoms with van der Waals surface area (Å²) in [7, 11) is 4.47. The summed E-state index contributed by atoms with van der Waals surface area (Å²) in [6.45, 7) is 0. The van der Waals surface area contributed by atoms with E-state index in [2.05, 4.69) is 0 Å². The summed E-state index contributed by atoms with van der Waals surface area (Å²) >= 11 is 0. The molecule has 6 heteroatoms. The van der Waals surface area contributed by atoms with Gasteiger partial charge < -0.3 is 24.1 Å². The zero-order valence-corrected chi connectivity index (χ0v) is 13.7. The van der Waals surface area contributed by atoms with Gasteiger partial charge in [-0.2, -0.15) is 0 Å². The smallest absolute Gasteiger partial charge is 0.204 e. The van der Waals surface area contributed by atoms with Gasteiger partial charge in [0.25, 0.3) is 0 Å². The predicted molar refractivity (Wildman–Crippen MR) is 86.5 cm³/mol. The largest absolute Gasteiger partial charge is 0.507 e. The molecule has 0 spiro atoms. The number of phenols is 1. The molecule has 1 aliphatic heterocycles. The van der Waals surface area contributed by atoms with Crippen molar-refractivity contribution in [3.8, 4) is 28.7 Å². The first-order valence-corrected chi connectivity index (χ1v) is 7.41. The van der Waals surface area contributed by atoms with Crippen molar-refractivity contribution in [1.82, 2.24) is 0 Å². The van der Waals surface area contributed by atoms with E-state index in [1.807, 2.05) is 18.2 Å². The number of rotatable bonds is 4. The first-order chi connectivity index (χ1) is 11.6. The van der Waals surface area contributed by atoms with Crippen LogP contribution in [0, 0.1) is 0 Å². The molecule has 0 fully saturated rings. The van der Waals surface area contributed by atoms with Crippen molar-refractivity contribution >= 4 is 5.78 Å². The number of ether oxygens (including phenoxy) is 4. The quantitative estimate of drug-likeness (QED) is 0.928. The molecule has 1 aliphatic rings. The molecule has 0 aromatic heterocycles. The van der Waals surface area contributed by atoms with Gasteiger partial charge in [-0.3, -0.25) is 4.79 Å². The number of Topliss-reactive ketones (excluding diaryl/α,β-unsaturated/α-hetero) is 1. The predicted octanol–water partition coefficient (Wildman–Crippen LogP) is 3.12. The zero-order valence-electron chi connectivity index (χ0n) is 13.7. The van der Waals surface area contributed by atoms with Crippen molar-refractivity contribution < 1.29 is 28.8 Å². The van der Waals surface area contributed by atoms with Crippen LogP contribution in [0.3, 0.4) is 0 Å². The lowest BCUT2D eigenvalue weighted by Gasteiger charge is -2.28. The number of hydrogen-bond donors (Lipinski definition) is 1. The highest BCUT2D eigenvalue weighted by atomic mass is 16.5. The summed E-state index contributed by atoms with van der Waals surface area (Å²) < 4.78 is 21.9. The third-order valence-corrected chi connectivity index (χ3v) is 4.00.